The van der Waals surface area contributed by atoms with Gasteiger partial charge in [-0.3, -0.25) is 0 Å². The number of rotatable bonds is 17. The normalized spacial score (nSPS) is 12.3. The maximum Gasteiger partial charge on any atom is 0.159 e. The van der Waals surface area contributed by atoms with Crippen molar-refractivity contribution in [1.29, 1.82) is 0 Å². The number of aliphatic hydroxyl groups excluding tert-OH is 2. The van der Waals surface area contributed by atoms with Gasteiger partial charge in [0.15, 0.2) is 5.05 Å². The molecule has 0 saturated heterocycles. The lowest BCUT2D eigenvalue weighted by molar-refractivity contribution is 0.0498. The number of unbranched alkanes of at least 4 members (excludes halogenated alkanes) is 12. The summed E-state index contributed by atoms with van der Waals surface area (Å²) in [6.07, 6.45) is 17.4. The summed E-state index contributed by atoms with van der Waals surface area (Å²) in [6, 6.07) is 0. The molecule has 0 aliphatic carbocycles. The van der Waals surface area contributed by atoms with Crippen LogP contribution >= 0.6 is 12.2 Å². The summed E-state index contributed by atoms with van der Waals surface area (Å²) in [7, 11) is 0. The second-order valence-electron chi connectivity index (χ2n) is 6.51. The minimum absolute atomic E-state index is 0.105. The van der Waals surface area contributed by atoms with E-state index in [-0.39, 0.29) is 13.2 Å². The first-order valence-electron chi connectivity index (χ1n) is 9.65. The minimum atomic E-state index is -0.820. The Hall–Kier alpha value is -0.190. The fourth-order valence-electron chi connectivity index (χ4n) is 2.60. The van der Waals surface area contributed by atoms with E-state index in [0.717, 1.165) is 12.8 Å². The highest BCUT2D eigenvalue weighted by atomic mass is 32.1. The molecule has 3 nitrogen and oxygen atoms in total. The van der Waals surface area contributed by atoms with E-state index in [1.165, 1.54) is 77.0 Å². The van der Waals surface area contributed by atoms with E-state index in [0.29, 0.717) is 5.05 Å². The topological polar surface area (TPSA) is 49.7 Å². The zero-order valence-corrected chi connectivity index (χ0v) is 15.9. The van der Waals surface area contributed by atoms with Gasteiger partial charge in [-0.2, -0.15) is 0 Å². The van der Waals surface area contributed by atoms with Crippen LogP contribution in [0.2, 0.25) is 0 Å². The van der Waals surface area contributed by atoms with Crippen molar-refractivity contribution in [3.05, 3.63) is 0 Å². The highest BCUT2D eigenvalue weighted by molar-refractivity contribution is 7.80. The molecule has 138 valence electrons. The predicted octanol–water partition coefficient (Wildman–Crippen LogP) is 5.16. The molecular formula is C19H38O3S. The summed E-state index contributed by atoms with van der Waals surface area (Å²) in [5.74, 6) is 0. The summed E-state index contributed by atoms with van der Waals surface area (Å²) in [5, 5.41) is 18.4. The van der Waals surface area contributed by atoms with E-state index in [2.05, 4.69) is 6.92 Å². The van der Waals surface area contributed by atoms with Crippen molar-refractivity contribution in [3.8, 4) is 0 Å². The molecule has 0 amide bonds. The molecule has 0 fully saturated rings. The number of hydrogen-bond acceptors (Lipinski definition) is 4. The van der Waals surface area contributed by atoms with Crippen molar-refractivity contribution >= 4 is 17.3 Å². The van der Waals surface area contributed by atoms with Gasteiger partial charge in [0.05, 0.1) is 6.61 Å². The monoisotopic (exact) mass is 346 g/mol. The van der Waals surface area contributed by atoms with Gasteiger partial charge in [-0.1, -0.05) is 84.0 Å². The molecule has 0 bridgehead atoms. The predicted molar refractivity (Wildman–Crippen MR) is 102 cm³/mol. The maximum absolute atomic E-state index is 9.16. The number of aliphatic hydroxyl groups is 2. The van der Waals surface area contributed by atoms with Gasteiger partial charge in [0.1, 0.15) is 12.7 Å². The molecule has 0 radical (unpaired) electrons. The van der Waals surface area contributed by atoms with Crippen molar-refractivity contribution in [2.75, 3.05) is 13.2 Å². The van der Waals surface area contributed by atoms with E-state index < -0.39 is 6.10 Å². The van der Waals surface area contributed by atoms with Gasteiger partial charge in [0, 0.05) is 6.42 Å². The zero-order valence-electron chi connectivity index (χ0n) is 15.1. The third kappa shape index (κ3) is 18.0. The summed E-state index contributed by atoms with van der Waals surface area (Å²) in [6.45, 7) is 2.09. The molecule has 2 N–H and O–H groups in total. The molecular weight excluding hydrogens is 308 g/mol. The lowest BCUT2D eigenvalue weighted by atomic mass is 10.0. The standard InChI is InChI=1S/C19H38O3S/c1-2-3-4-5-6-7-8-9-10-11-12-13-14-15-19(23)22-17-18(21)16-20/h18,20-21H,2-17H2,1H3. The molecule has 0 heterocycles. The van der Waals surface area contributed by atoms with Gasteiger partial charge >= 0.3 is 0 Å². The van der Waals surface area contributed by atoms with Crippen LogP contribution in [0, 0.1) is 0 Å². The molecule has 0 rings (SSSR count). The molecule has 0 aromatic rings. The second kappa shape index (κ2) is 18.2. The minimum Gasteiger partial charge on any atom is -0.484 e. The molecule has 0 saturated carbocycles. The average Bonchev–Trinajstić information content (AvgIpc) is 2.56. The number of hydrogen-bond donors (Lipinski definition) is 2. The quantitative estimate of drug-likeness (QED) is 0.282. The highest BCUT2D eigenvalue weighted by Crippen LogP contribution is 2.13. The number of thiocarbonyl (C=S) groups is 1. The smallest absolute Gasteiger partial charge is 0.159 e. The molecule has 0 aromatic heterocycles. The van der Waals surface area contributed by atoms with Crippen LogP contribution in [-0.2, 0) is 4.74 Å². The third-order valence-electron chi connectivity index (χ3n) is 4.13. The van der Waals surface area contributed by atoms with Gasteiger partial charge in [-0.15, -0.1) is 0 Å². The van der Waals surface area contributed by atoms with Crippen LogP contribution in [0.15, 0.2) is 0 Å². The van der Waals surface area contributed by atoms with Crippen LogP contribution in [0.3, 0.4) is 0 Å². The van der Waals surface area contributed by atoms with Crippen molar-refractivity contribution in [3.63, 3.8) is 0 Å². The van der Waals surface area contributed by atoms with E-state index in [1.807, 2.05) is 0 Å². The van der Waals surface area contributed by atoms with Crippen molar-refractivity contribution in [2.45, 2.75) is 103 Å². The van der Waals surface area contributed by atoms with Crippen LogP contribution in [0.1, 0.15) is 96.8 Å². The van der Waals surface area contributed by atoms with E-state index in [9.17, 15) is 0 Å². The molecule has 1 unspecified atom stereocenters. The third-order valence-corrected chi connectivity index (χ3v) is 4.45. The second-order valence-corrected chi connectivity index (χ2v) is 6.97. The Balaban J connectivity index is 3.14. The van der Waals surface area contributed by atoms with Gasteiger partial charge in [-0.25, -0.2) is 0 Å². The Kier molecular flexibility index (Phi) is 18.0. The van der Waals surface area contributed by atoms with Gasteiger partial charge in [0.25, 0.3) is 0 Å². The van der Waals surface area contributed by atoms with Gasteiger partial charge in [0.2, 0.25) is 0 Å². The van der Waals surface area contributed by atoms with Crippen molar-refractivity contribution in [1.82, 2.24) is 0 Å². The van der Waals surface area contributed by atoms with Crippen molar-refractivity contribution < 1.29 is 14.9 Å². The molecule has 1 atom stereocenters. The van der Waals surface area contributed by atoms with Crippen molar-refractivity contribution in [2.24, 2.45) is 0 Å². The fraction of sp³-hybridized carbons (Fsp3) is 0.947. The first-order valence-corrected chi connectivity index (χ1v) is 10.1. The van der Waals surface area contributed by atoms with Crippen LogP contribution in [0.4, 0.5) is 0 Å². The molecule has 4 heteroatoms. The molecule has 23 heavy (non-hydrogen) atoms. The Morgan fingerprint density at radius 3 is 1.70 bits per heavy atom. The molecule has 0 aliphatic rings. The number of ether oxygens (including phenoxy) is 1. The van der Waals surface area contributed by atoms with Gasteiger partial charge in [-0.05, 0) is 18.6 Å². The highest BCUT2D eigenvalue weighted by Gasteiger charge is 2.04. The Labute approximate surface area is 148 Å². The van der Waals surface area contributed by atoms with E-state index in [1.54, 1.807) is 0 Å². The van der Waals surface area contributed by atoms with Crippen LogP contribution in [0.25, 0.3) is 0 Å². The molecule has 0 spiro atoms. The van der Waals surface area contributed by atoms with Gasteiger partial charge < -0.3 is 14.9 Å². The first-order chi connectivity index (χ1) is 11.2. The Morgan fingerprint density at radius 2 is 1.26 bits per heavy atom. The zero-order chi connectivity index (χ0) is 17.2. The summed E-state index contributed by atoms with van der Waals surface area (Å²) in [4.78, 5) is 0. The SMILES string of the molecule is CCCCCCCCCCCCCCCC(=S)OCC(O)CO. The van der Waals surface area contributed by atoms with Crippen LogP contribution in [0.5, 0.6) is 0 Å². The van der Waals surface area contributed by atoms with Crippen LogP contribution < -0.4 is 0 Å². The molecule has 0 aliphatic heterocycles. The lowest BCUT2D eigenvalue weighted by Crippen LogP contribution is -2.21. The summed E-state index contributed by atoms with van der Waals surface area (Å²) < 4.78 is 5.22. The fourth-order valence-corrected chi connectivity index (χ4v) is 2.81. The van der Waals surface area contributed by atoms with Crippen LogP contribution in [-0.4, -0.2) is 34.6 Å². The maximum atomic E-state index is 9.16. The Morgan fingerprint density at radius 1 is 0.826 bits per heavy atom. The average molecular weight is 347 g/mol. The van der Waals surface area contributed by atoms with E-state index >= 15 is 0 Å². The van der Waals surface area contributed by atoms with E-state index in [4.69, 9.17) is 27.2 Å². The summed E-state index contributed by atoms with van der Waals surface area (Å²) >= 11 is 5.09. The Bertz CT molecular complexity index is 259. The summed E-state index contributed by atoms with van der Waals surface area (Å²) in [5.41, 5.74) is 0. The largest absolute Gasteiger partial charge is 0.484 e. The molecule has 0 aromatic carbocycles. The first kappa shape index (κ1) is 22.8. The lowest BCUT2D eigenvalue weighted by Gasteiger charge is -2.10.